The van der Waals surface area contributed by atoms with Crippen molar-refractivity contribution in [3.8, 4) is 0 Å². The highest BCUT2D eigenvalue weighted by Gasteiger charge is 2.27. The molecule has 0 radical (unpaired) electrons. The molecule has 1 rings (SSSR count). The third-order valence-corrected chi connectivity index (χ3v) is 2.97. The van der Waals surface area contributed by atoms with E-state index in [4.69, 9.17) is 9.84 Å². The number of nitrogens with one attached hydrogen (secondary N) is 2. The first-order valence-electron chi connectivity index (χ1n) is 6.61. The van der Waals surface area contributed by atoms with Crippen molar-refractivity contribution in [2.75, 3.05) is 32.8 Å². The van der Waals surface area contributed by atoms with Crippen LogP contribution in [0, 0.1) is 0 Å². The number of imide groups is 1. The number of carbonyl (C=O) groups excluding carboxylic acids is 2. The molecule has 1 aliphatic heterocycles. The second-order valence-electron chi connectivity index (χ2n) is 4.72. The van der Waals surface area contributed by atoms with Crippen molar-refractivity contribution in [1.29, 1.82) is 0 Å². The molecule has 2 atom stereocenters. The van der Waals surface area contributed by atoms with Gasteiger partial charge in [0.05, 0.1) is 25.9 Å². The Morgan fingerprint density at radius 3 is 2.84 bits per heavy atom. The Labute approximate surface area is 113 Å². The Morgan fingerprint density at radius 2 is 2.21 bits per heavy atom. The highest BCUT2D eigenvalue weighted by atomic mass is 16.5. The number of morpholine rings is 1. The molecule has 0 spiro atoms. The number of carbonyl (C=O) groups is 2. The van der Waals surface area contributed by atoms with E-state index in [9.17, 15) is 9.59 Å². The second kappa shape index (κ2) is 8.08. The fraction of sp³-hybridized carbons (Fsp3) is 0.833. The highest BCUT2D eigenvalue weighted by molar-refractivity contribution is 5.95. The van der Waals surface area contributed by atoms with Crippen molar-refractivity contribution in [3.63, 3.8) is 0 Å². The van der Waals surface area contributed by atoms with Gasteiger partial charge in [-0.1, -0.05) is 6.92 Å². The van der Waals surface area contributed by atoms with Crippen LogP contribution in [-0.2, 0) is 9.53 Å². The largest absolute Gasteiger partial charge is 0.394 e. The first kappa shape index (κ1) is 15.9. The van der Waals surface area contributed by atoms with E-state index >= 15 is 0 Å². The predicted octanol–water partition coefficient (Wildman–Crippen LogP) is -0.696. The first-order chi connectivity index (χ1) is 9.06. The smallest absolute Gasteiger partial charge is 0.321 e. The van der Waals surface area contributed by atoms with Gasteiger partial charge in [0.1, 0.15) is 0 Å². The van der Waals surface area contributed by atoms with Crippen LogP contribution in [0.2, 0.25) is 0 Å². The van der Waals surface area contributed by atoms with E-state index in [-0.39, 0.29) is 31.2 Å². The predicted molar refractivity (Wildman–Crippen MR) is 69.7 cm³/mol. The standard InChI is InChI=1S/C12H23N3O4/c1-3-4-13-12(18)14-11(17)6-15-5-10(7-16)19-8-9(15)2/h9-10,16H,3-8H2,1-2H3,(H2,13,14,17,18). The SMILES string of the molecule is CCCNC(=O)NC(=O)CN1CC(CO)OCC1C. The number of urea groups is 1. The topological polar surface area (TPSA) is 90.9 Å². The van der Waals surface area contributed by atoms with Gasteiger partial charge in [-0.15, -0.1) is 0 Å². The summed E-state index contributed by atoms with van der Waals surface area (Å²) in [5, 5.41) is 13.9. The molecule has 3 amide bonds. The van der Waals surface area contributed by atoms with Crippen molar-refractivity contribution >= 4 is 11.9 Å². The molecule has 19 heavy (non-hydrogen) atoms. The minimum atomic E-state index is -0.466. The van der Waals surface area contributed by atoms with Gasteiger partial charge >= 0.3 is 6.03 Å². The van der Waals surface area contributed by atoms with E-state index in [1.54, 1.807) is 0 Å². The van der Waals surface area contributed by atoms with Gasteiger partial charge in [0, 0.05) is 19.1 Å². The van der Waals surface area contributed by atoms with Gasteiger partial charge in [-0.3, -0.25) is 15.0 Å². The summed E-state index contributed by atoms with van der Waals surface area (Å²) in [7, 11) is 0. The van der Waals surface area contributed by atoms with Crippen molar-refractivity contribution in [3.05, 3.63) is 0 Å². The number of hydrogen-bond acceptors (Lipinski definition) is 5. The Morgan fingerprint density at radius 1 is 1.47 bits per heavy atom. The van der Waals surface area contributed by atoms with Crippen LogP contribution in [0.4, 0.5) is 4.79 Å². The van der Waals surface area contributed by atoms with Crippen molar-refractivity contribution in [1.82, 2.24) is 15.5 Å². The van der Waals surface area contributed by atoms with Crippen LogP contribution in [0.1, 0.15) is 20.3 Å². The van der Waals surface area contributed by atoms with E-state index < -0.39 is 6.03 Å². The normalized spacial score (nSPS) is 23.9. The van der Waals surface area contributed by atoms with E-state index in [1.807, 2.05) is 18.7 Å². The maximum absolute atomic E-state index is 11.7. The summed E-state index contributed by atoms with van der Waals surface area (Å²) in [5.41, 5.74) is 0. The Hall–Kier alpha value is -1.18. The summed E-state index contributed by atoms with van der Waals surface area (Å²) >= 11 is 0. The van der Waals surface area contributed by atoms with Gasteiger partial charge in [-0.25, -0.2) is 4.79 Å². The average Bonchev–Trinajstić information content (AvgIpc) is 2.38. The van der Waals surface area contributed by atoms with Crippen molar-refractivity contribution in [2.24, 2.45) is 0 Å². The maximum Gasteiger partial charge on any atom is 0.321 e. The molecule has 1 aliphatic rings. The lowest BCUT2D eigenvalue weighted by Crippen LogP contribution is -2.53. The Bertz CT molecular complexity index is 311. The molecule has 1 fully saturated rings. The zero-order valence-electron chi connectivity index (χ0n) is 11.5. The van der Waals surface area contributed by atoms with Crippen LogP contribution in [0.5, 0.6) is 0 Å². The molecule has 110 valence electrons. The van der Waals surface area contributed by atoms with Crippen LogP contribution >= 0.6 is 0 Å². The number of rotatable bonds is 5. The molecule has 0 aromatic heterocycles. The summed E-state index contributed by atoms with van der Waals surface area (Å²) in [6.45, 7) is 5.44. The minimum absolute atomic E-state index is 0.0676. The lowest BCUT2D eigenvalue weighted by Gasteiger charge is -2.36. The zero-order valence-corrected chi connectivity index (χ0v) is 11.5. The van der Waals surface area contributed by atoms with Crippen LogP contribution in [0.25, 0.3) is 0 Å². The number of nitrogens with zero attached hydrogens (tertiary/aromatic N) is 1. The van der Waals surface area contributed by atoms with Gasteiger partial charge < -0.3 is 15.2 Å². The molecule has 0 saturated carbocycles. The molecule has 2 unspecified atom stereocenters. The maximum atomic E-state index is 11.7. The zero-order chi connectivity index (χ0) is 14.3. The fourth-order valence-electron chi connectivity index (χ4n) is 1.84. The highest BCUT2D eigenvalue weighted by Crippen LogP contribution is 2.10. The molecule has 0 aromatic rings. The van der Waals surface area contributed by atoms with Crippen LogP contribution in [0.3, 0.4) is 0 Å². The van der Waals surface area contributed by atoms with E-state index in [1.165, 1.54) is 0 Å². The number of aliphatic hydroxyl groups is 1. The summed E-state index contributed by atoms with van der Waals surface area (Å²) in [5.74, 6) is -0.348. The second-order valence-corrected chi connectivity index (χ2v) is 4.72. The van der Waals surface area contributed by atoms with Gasteiger partial charge in [0.25, 0.3) is 0 Å². The van der Waals surface area contributed by atoms with E-state index in [2.05, 4.69) is 10.6 Å². The molecular weight excluding hydrogens is 250 g/mol. The van der Waals surface area contributed by atoms with Gasteiger partial charge in [-0.2, -0.15) is 0 Å². The minimum Gasteiger partial charge on any atom is -0.394 e. The molecule has 0 aliphatic carbocycles. The number of amides is 3. The number of hydrogen-bond donors (Lipinski definition) is 3. The number of ether oxygens (including phenoxy) is 1. The van der Waals surface area contributed by atoms with Gasteiger partial charge in [0.2, 0.25) is 5.91 Å². The summed E-state index contributed by atoms with van der Waals surface area (Å²) in [6.07, 6.45) is 0.554. The molecule has 7 heteroatoms. The first-order valence-corrected chi connectivity index (χ1v) is 6.61. The Kier molecular flexibility index (Phi) is 6.75. The van der Waals surface area contributed by atoms with Crippen molar-refractivity contribution in [2.45, 2.75) is 32.4 Å². The molecule has 1 saturated heterocycles. The summed E-state index contributed by atoms with van der Waals surface area (Å²) in [4.78, 5) is 24.9. The third kappa shape index (κ3) is 5.54. The lowest BCUT2D eigenvalue weighted by atomic mass is 10.2. The molecule has 7 nitrogen and oxygen atoms in total. The lowest BCUT2D eigenvalue weighted by molar-refractivity contribution is -0.126. The molecule has 3 N–H and O–H groups in total. The van der Waals surface area contributed by atoms with Crippen LogP contribution in [0.15, 0.2) is 0 Å². The Balaban J connectivity index is 2.35. The average molecular weight is 273 g/mol. The van der Waals surface area contributed by atoms with E-state index in [0.29, 0.717) is 19.7 Å². The molecule has 0 aromatic carbocycles. The van der Waals surface area contributed by atoms with Crippen LogP contribution < -0.4 is 10.6 Å². The van der Waals surface area contributed by atoms with Crippen molar-refractivity contribution < 1.29 is 19.4 Å². The van der Waals surface area contributed by atoms with E-state index in [0.717, 1.165) is 6.42 Å². The molecule has 1 heterocycles. The number of aliphatic hydroxyl groups excluding tert-OH is 1. The van der Waals surface area contributed by atoms with Gasteiger partial charge in [0.15, 0.2) is 0 Å². The van der Waals surface area contributed by atoms with Gasteiger partial charge in [-0.05, 0) is 13.3 Å². The molecular formula is C12H23N3O4. The monoisotopic (exact) mass is 273 g/mol. The third-order valence-electron chi connectivity index (χ3n) is 2.97. The van der Waals surface area contributed by atoms with Crippen LogP contribution in [-0.4, -0.2) is 66.9 Å². The summed E-state index contributed by atoms with van der Waals surface area (Å²) < 4.78 is 5.38. The fourth-order valence-corrected chi connectivity index (χ4v) is 1.84. The molecule has 0 bridgehead atoms. The summed E-state index contributed by atoms with van der Waals surface area (Å²) in [6, 6.07) is -0.376. The quantitative estimate of drug-likeness (QED) is 0.616.